The summed E-state index contributed by atoms with van der Waals surface area (Å²) in [5.74, 6) is 0.0633. The summed E-state index contributed by atoms with van der Waals surface area (Å²) in [6, 6.07) is 7.65. The maximum absolute atomic E-state index is 11.9. The van der Waals surface area contributed by atoms with Crippen LogP contribution in [-0.4, -0.2) is 34.4 Å². The first-order valence-electron chi connectivity index (χ1n) is 6.81. The summed E-state index contributed by atoms with van der Waals surface area (Å²) in [7, 11) is -1.75. The van der Waals surface area contributed by atoms with Crippen LogP contribution in [0.5, 0.6) is 0 Å². The molecule has 6 heteroatoms. The van der Waals surface area contributed by atoms with Gasteiger partial charge in [0.1, 0.15) is 0 Å². The van der Waals surface area contributed by atoms with Gasteiger partial charge in [-0.15, -0.1) is 0 Å². The van der Waals surface area contributed by atoms with E-state index in [2.05, 4.69) is 17.0 Å². The van der Waals surface area contributed by atoms with Crippen LogP contribution in [-0.2, 0) is 14.8 Å². The fraction of sp³-hybridized carbons (Fsp3) is 0.571. The molecule has 0 aliphatic heterocycles. The van der Waals surface area contributed by atoms with E-state index in [0.29, 0.717) is 18.7 Å². The fourth-order valence-electron chi connectivity index (χ4n) is 1.92. The molecule has 0 amide bonds. The Hall–Kier alpha value is -1.11. The predicted octanol–water partition coefficient (Wildman–Crippen LogP) is 2.14. The van der Waals surface area contributed by atoms with Crippen LogP contribution in [0.1, 0.15) is 31.9 Å². The lowest BCUT2D eigenvalue weighted by atomic mass is 10.1. The van der Waals surface area contributed by atoms with E-state index in [0.717, 1.165) is 12.1 Å². The molecular formula is C14H24N2O3S. The van der Waals surface area contributed by atoms with Gasteiger partial charge >= 0.3 is 0 Å². The van der Waals surface area contributed by atoms with Gasteiger partial charge in [0, 0.05) is 25.4 Å². The lowest BCUT2D eigenvalue weighted by Crippen LogP contribution is -2.19. The third-order valence-corrected chi connectivity index (χ3v) is 4.30. The molecule has 2 N–H and O–H groups in total. The summed E-state index contributed by atoms with van der Waals surface area (Å²) in [6.07, 6.45) is 0.485. The number of rotatable bonds is 9. The number of methoxy groups -OCH3 is 1. The highest BCUT2D eigenvalue weighted by atomic mass is 32.2. The number of hydrogen-bond acceptors (Lipinski definition) is 4. The van der Waals surface area contributed by atoms with E-state index < -0.39 is 10.0 Å². The molecule has 0 saturated heterocycles. The van der Waals surface area contributed by atoms with Crippen LogP contribution in [0.4, 0.5) is 5.69 Å². The highest BCUT2D eigenvalue weighted by molar-refractivity contribution is 7.92. The Labute approximate surface area is 121 Å². The Morgan fingerprint density at radius 3 is 2.75 bits per heavy atom. The Morgan fingerprint density at radius 2 is 2.10 bits per heavy atom. The van der Waals surface area contributed by atoms with Gasteiger partial charge < -0.3 is 10.1 Å². The first kappa shape index (κ1) is 16.9. The highest BCUT2D eigenvalue weighted by Gasteiger charge is 2.11. The third-order valence-electron chi connectivity index (χ3n) is 2.93. The monoisotopic (exact) mass is 300 g/mol. The van der Waals surface area contributed by atoms with Crippen LogP contribution >= 0.6 is 0 Å². The molecule has 114 valence electrons. The Morgan fingerprint density at radius 1 is 1.35 bits per heavy atom. The molecule has 1 aromatic carbocycles. The molecule has 0 radical (unpaired) electrons. The third kappa shape index (κ3) is 5.90. The van der Waals surface area contributed by atoms with Crippen LogP contribution in [0, 0.1) is 0 Å². The summed E-state index contributed by atoms with van der Waals surface area (Å²) in [4.78, 5) is 0. The summed E-state index contributed by atoms with van der Waals surface area (Å²) >= 11 is 0. The van der Waals surface area contributed by atoms with Crippen molar-refractivity contribution in [1.29, 1.82) is 0 Å². The minimum Gasteiger partial charge on any atom is -0.385 e. The zero-order valence-electron chi connectivity index (χ0n) is 12.3. The molecular weight excluding hydrogens is 276 g/mol. The lowest BCUT2D eigenvalue weighted by Gasteiger charge is -2.14. The number of hydrogen-bond donors (Lipinski definition) is 2. The average molecular weight is 300 g/mol. The van der Waals surface area contributed by atoms with Crippen molar-refractivity contribution in [3.63, 3.8) is 0 Å². The summed E-state index contributed by atoms with van der Waals surface area (Å²) < 4.78 is 31.3. The zero-order valence-corrected chi connectivity index (χ0v) is 13.2. The Bertz CT molecular complexity index is 503. The molecule has 0 saturated carbocycles. The van der Waals surface area contributed by atoms with E-state index in [1.54, 1.807) is 13.2 Å². The van der Waals surface area contributed by atoms with Crippen molar-refractivity contribution in [2.24, 2.45) is 0 Å². The van der Waals surface area contributed by atoms with Gasteiger partial charge in [0.05, 0.1) is 5.75 Å². The van der Waals surface area contributed by atoms with E-state index >= 15 is 0 Å². The first-order valence-corrected chi connectivity index (χ1v) is 8.46. The number of ether oxygens (including phenoxy) is 1. The van der Waals surface area contributed by atoms with Crippen LogP contribution in [0.3, 0.4) is 0 Å². The quantitative estimate of drug-likeness (QED) is 0.686. The fourth-order valence-corrected chi connectivity index (χ4v) is 3.01. The van der Waals surface area contributed by atoms with E-state index in [9.17, 15) is 8.42 Å². The zero-order chi connectivity index (χ0) is 15.0. The number of sulfonamides is 1. The van der Waals surface area contributed by atoms with Crippen molar-refractivity contribution in [2.45, 2.75) is 26.3 Å². The molecule has 0 spiro atoms. The van der Waals surface area contributed by atoms with Crippen molar-refractivity contribution in [3.8, 4) is 0 Å². The smallest absolute Gasteiger partial charge is 0.232 e. The molecule has 0 heterocycles. The van der Waals surface area contributed by atoms with Gasteiger partial charge in [0.25, 0.3) is 0 Å². The SMILES string of the molecule is CCNC(C)c1cccc(NS(=O)(=O)CCCOC)c1. The van der Waals surface area contributed by atoms with E-state index in [1.807, 2.05) is 25.1 Å². The predicted molar refractivity (Wildman–Crippen MR) is 82.4 cm³/mol. The van der Waals surface area contributed by atoms with Gasteiger partial charge in [-0.1, -0.05) is 19.1 Å². The molecule has 0 bridgehead atoms. The second-order valence-corrected chi connectivity index (χ2v) is 6.51. The topological polar surface area (TPSA) is 67.4 Å². The number of nitrogens with one attached hydrogen (secondary N) is 2. The van der Waals surface area contributed by atoms with Crippen LogP contribution in [0.25, 0.3) is 0 Å². The molecule has 1 rings (SSSR count). The normalized spacial score (nSPS) is 13.2. The summed E-state index contributed by atoms with van der Waals surface area (Å²) in [6.45, 7) is 5.40. The van der Waals surface area contributed by atoms with Gasteiger partial charge in [-0.05, 0) is 37.6 Å². The van der Waals surface area contributed by atoms with Crippen molar-refractivity contribution in [2.75, 3.05) is 30.7 Å². The minimum atomic E-state index is -3.31. The number of anilines is 1. The average Bonchev–Trinajstić information content (AvgIpc) is 2.39. The molecule has 0 aliphatic carbocycles. The Balaban J connectivity index is 2.70. The molecule has 1 aromatic rings. The second-order valence-electron chi connectivity index (χ2n) is 4.67. The van der Waals surface area contributed by atoms with Crippen molar-refractivity contribution in [1.82, 2.24) is 5.32 Å². The van der Waals surface area contributed by atoms with Crippen LogP contribution in [0.15, 0.2) is 24.3 Å². The molecule has 1 unspecified atom stereocenters. The van der Waals surface area contributed by atoms with Gasteiger partial charge in [-0.3, -0.25) is 4.72 Å². The lowest BCUT2D eigenvalue weighted by molar-refractivity contribution is 0.199. The molecule has 0 aromatic heterocycles. The molecule has 20 heavy (non-hydrogen) atoms. The van der Waals surface area contributed by atoms with E-state index in [1.165, 1.54) is 0 Å². The summed E-state index contributed by atoms with van der Waals surface area (Å²) in [5, 5.41) is 3.30. The van der Waals surface area contributed by atoms with E-state index in [-0.39, 0.29) is 11.8 Å². The Kier molecular flexibility index (Phi) is 6.98. The molecule has 5 nitrogen and oxygen atoms in total. The maximum atomic E-state index is 11.9. The molecule has 0 fully saturated rings. The standard InChI is InChI=1S/C14H24N2O3S/c1-4-15-12(2)13-7-5-8-14(11-13)16-20(17,18)10-6-9-19-3/h5,7-8,11-12,15-16H,4,6,9-10H2,1-3H3. The first-order chi connectivity index (χ1) is 9.48. The van der Waals surface area contributed by atoms with E-state index in [4.69, 9.17) is 4.74 Å². The van der Waals surface area contributed by atoms with Gasteiger partial charge in [0.15, 0.2) is 0 Å². The highest BCUT2D eigenvalue weighted by Crippen LogP contribution is 2.18. The van der Waals surface area contributed by atoms with Gasteiger partial charge in [-0.25, -0.2) is 8.42 Å². The van der Waals surface area contributed by atoms with Crippen molar-refractivity contribution < 1.29 is 13.2 Å². The van der Waals surface area contributed by atoms with Gasteiger partial charge in [-0.2, -0.15) is 0 Å². The minimum absolute atomic E-state index is 0.0633. The largest absolute Gasteiger partial charge is 0.385 e. The van der Waals surface area contributed by atoms with Crippen molar-refractivity contribution >= 4 is 15.7 Å². The summed E-state index contributed by atoms with van der Waals surface area (Å²) in [5.41, 5.74) is 1.66. The molecule has 0 aliphatic rings. The van der Waals surface area contributed by atoms with Crippen LogP contribution in [0.2, 0.25) is 0 Å². The van der Waals surface area contributed by atoms with Crippen LogP contribution < -0.4 is 10.0 Å². The van der Waals surface area contributed by atoms with Crippen molar-refractivity contribution in [3.05, 3.63) is 29.8 Å². The molecule has 1 atom stereocenters. The second kappa shape index (κ2) is 8.24. The maximum Gasteiger partial charge on any atom is 0.232 e. The number of benzene rings is 1. The van der Waals surface area contributed by atoms with Gasteiger partial charge in [0.2, 0.25) is 10.0 Å².